The van der Waals surface area contributed by atoms with E-state index < -0.39 is 0 Å². The molecule has 0 radical (unpaired) electrons. The van der Waals surface area contributed by atoms with Gasteiger partial charge in [-0.1, -0.05) is 84.5 Å². The molecule has 0 aliphatic heterocycles. The molecule has 0 amide bonds. The Hall–Kier alpha value is -0.0400. The molecule has 0 spiro atoms. The van der Waals surface area contributed by atoms with Gasteiger partial charge < -0.3 is 4.74 Å². The Morgan fingerprint density at radius 1 is 0.577 bits per heavy atom. The third kappa shape index (κ3) is 8.77. The van der Waals surface area contributed by atoms with E-state index in [0.717, 1.165) is 24.4 Å². The molecule has 0 atom stereocenters. The number of ether oxygens (including phenoxy) is 1. The van der Waals surface area contributed by atoms with Crippen molar-refractivity contribution in [1.29, 1.82) is 0 Å². The van der Waals surface area contributed by atoms with Gasteiger partial charge in [-0.25, -0.2) is 0 Å². The molecule has 2 aliphatic carbocycles. The molecule has 0 unspecified atom stereocenters. The summed E-state index contributed by atoms with van der Waals surface area (Å²) in [6.45, 7) is 5.50. The van der Waals surface area contributed by atoms with E-state index >= 15 is 0 Å². The summed E-state index contributed by atoms with van der Waals surface area (Å²) < 4.78 is 5.98. The van der Waals surface area contributed by atoms with Gasteiger partial charge in [0.15, 0.2) is 0 Å². The fourth-order valence-corrected chi connectivity index (χ4v) is 5.53. The second kappa shape index (κ2) is 14.0. The molecule has 0 aromatic heterocycles. The maximum atomic E-state index is 5.98. The summed E-state index contributed by atoms with van der Waals surface area (Å²) in [5.41, 5.74) is 0. The van der Waals surface area contributed by atoms with Crippen LogP contribution in [0.5, 0.6) is 0 Å². The maximum absolute atomic E-state index is 5.98. The molecule has 154 valence electrons. The summed E-state index contributed by atoms with van der Waals surface area (Å²) in [4.78, 5) is 0. The molecule has 1 nitrogen and oxygen atoms in total. The number of hydrogen-bond donors (Lipinski definition) is 0. The van der Waals surface area contributed by atoms with Gasteiger partial charge in [0.2, 0.25) is 0 Å². The van der Waals surface area contributed by atoms with Crippen molar-refractivity contribution >= 4 is 0 Å². The van der Waals surface area contributed by atoms with Crippen LogP contribution in [0.2, 0.25) is 0 Å². The second-order valence-electron chi connectivity index (χ2n) is 9.45. The highest BCUT2D eigenvalue weighted by molar-refractivity contribution is 4.82. The SMILES string of the molecule is CCCCCCCCCCC1CCC([C@H]2CC[C@H](OCCC)CC2)CC1. The second-order valence-corrected chi connectivity index (χ2v) is 9.45. The van der Waals surface area contributed by atoms with Gasteiger partial charge >= 0.3 is 0 Å². The highest BCUT2D eigenvalue weighted by Gasteiger charge is 2.30. The van der Waals surface area contributed by atoms with Crippen molar-refractivity contribution in [2.24, 2.45) is 17.8 Å². The standard InChI is InChI=1S/C25H48O/c1-3-5-6-7-8-9-10-11-12-22-13-15-23(16-14-22)24-17-19-25(20-18-24)26-21-4-2/h22-25H,3-21H2,1-2H3/t22?,23?,24-,25-. The van der Waals surface area contributed by atoms with E-state index in [2.05, 4.69) is 13.8 Å². The normalized spacial score (nSPS) is 29.8. The van der Waals surface area contributed by atoms with Crippen molar-refractivity contribution in [1.82, 2.24) is 0 Å². The predicted molar refractivity (Wildman–Crippen MR) is 115 cm³/mol. The van der Waals surface area contributed by atoms with Gasteiger partial charge in [-0.15, -0.1) is 0 Å². The Morgan fingerprint density at radius 3 is 1.69 bits per heavy atom. The molecule has 0 bridgehead atoms. The van der Waals surface area contributed by atoms with Gasteiger partial charge in [0.05, 0.1) is 6.10 Å². The zero-order valence-electron chi connectivity index (χ0n) is 18.2. The van der Waals surface area contributed by atoms with Gasteiger partial charge in [-0.05, 0) is 62.7 Å². The van der Waals surface area contributed by atoms with E-state index in [1.807, 2.05) is 0 Å². The minimum Gasteiger partial charge on any atom is -0.378 e. The summed E-state index contributed by atoms with van der Waals surface area (Å²) in [6, 6.07) is 0. The lowest BCUT2D eigenvalue weighted by atomic mass is 9.70. The Kier molecular flexibility index (Phi) is 12.0. The lowest BCUT2D eigenvalue weighted by molar-refractivity contribution is 0.00726. The molecule has 0 aromatic carbocycles. The van der Waals surface area contributed by atoms with Gasteiger partial charge in [-0.2, -0.15) is 0 Å². The minimum absolute atomic E-state index is 0.588. The summed E-state index contributed by atoms with van der Waals surface area (Å²) in [6.07, 6.45) is 26.7. The first-order valence-corrected chi connectivity index (χ1v) is 12.4. The summed E-state index contributed by atoms with van der Waals surface area (Å²) in [5, 5.41) is 0. The number of unbranched alkanes of at least 4 members (excludes halogenated alkanes) is 7. The van der Waals surface area contributed by atoms with Crippen LogP contribution in [0.4, 0.5) is 0 Å². The molecule has 0 N–H and O–H groups in total. The first-order chi connectivity index (χ1) is 12.8. The van der Waals surface area contributed by atoms with Crippen LogP contribution in [-0.4, -0.2) is 12.7 Å². The average Bonchev–Trinajstić information content (AvgIpc) is 2.69. The number of rotatable bonds is 13. The van der Waals surface area contributed by atoms with Crippen molar-refractivity contribution in [2.75, 3.05) is 6.61 Å². The van der Waals surface area contributed by atoms with E-state index in [1.165, 1.54) is 116 Å². The molecule has 26 heavy (non-hydrogen) atoms. The van der Waals surface area contributed by atoms with E-state index in [9.17, 15) is 0 Å². The zero-order valence-corrected chi connectivity index (χ0v) is 18.2. The van der Waals surface area contributed by atoms with Crippen LogP contribution in [0, 0.1) is 17.8 Å². The zero-order chi connectivity index (χ0) is 18.5. The molecule has 1 heteroatoms. The third-order valence-corrected chi connectivity index (χ3v) is 7.30. The van der Waals surface area contributed by atoms with E-state index in [-0.39, 0.29) is 0 Å². The monoisotopic (exact) mass is 364 g/mol. The number of hydrogen-bond acceptors (Lipinski definition) is 1. The quantitative estimate of drug-likeness (QED) is 0.298. The van der Waals surface area contributed by atoms with Gasteiger partial charge in [0, 0.05) is 6.61 Å². The third-order valence-electron chi connectivity index (χ3n) is 7.30. The van der Waals surface area contributed by atoms with Crippen LogP contribution in [-0.2, 0) is 4.74 Å². The average molecular weight is 365 g/mol. The van der Waals surface area contributed by atoms with Gasteiger partial charge in [0.25, 0.3) is 0 Å². The molecule has 2 fully saturated rings. The summed E-state index contributed by atoms with van der Waals surface area (Å²) >= 11 is 0. The molecular formula is C25H48O. The van der Waals surface area contributed by atoms with Crippen molar-refractivity contribution < 1.29 is 4.74 Å². The van der Waals surface area contributed by atoms with E-state index in [0.29, 0.717) is 6.10 Å². The molecular weight excluding hydrogens is 316 g/mol. The highest BCUT2D eigenvalue weighted by atomic mass is 16.5. The van der Waals surface area contributed by atoms with Crippen LogP contribution in [0.15, 0.2) is 0 Å². The van der Waals surface area contributed by atoms with Crippen molar-refractivity contribution in [3.05, 3.63) is 0 Å². The van der Waals surface area contributed by atoms with Gasteiger partial charge in [-0.3, -0.25) is 0 Å². The predicted octanol–water partition coefficient (Wildman–Crippen LogP) is 8.31. The molecule has 0 aromatic rings. The van der Waals surface area contributed by atoms with E-state index in [1.54, 1.807) is 0 Å². The first-order valence-electron chi connectivity index (χ1n) is 12.4. The van der Waals surface area contributed by atoms with E-state index in [4.69, 9.17) is 4.74 Å². The largest absolute Gasteiger partial charge is 0.378 e. The first kappa shape index (κ1) is 22.3. The lowest BCUT2D eigenvalue weighted by Crippen LogP contribution is -2.28. The highest BCUT2D eigenvalue weighted by Crippen LogP contribution is 2.41. The smallest absolute Gasteiger partial charge is 0.0575 e. The summed E-state index contributed by atoms with van der Waals surface area (Å²) in [7, 11) is 0. The van der Waals surface area contributed by atoms with Crippen LogP contribution in [0.3, 0.4) is 0 Å². The molecule has 0 saturated heterocycles. The van der Waals surface area contributed by atoms with Crippen LogP contribution >= 0.6 is 0 Å². The summed E-state index contributed by atoms with van der Waals surface area (Å²) in [5.74, 6) is 3.15. The Morgan fingerprint density at radius 2 is 1.12 bits per heavy atom. The Labute approximate surface area is 165 Å². The van der Waals surface area contributed by atoms with Crippen LogP contribution in [0.1, 0.15) is 129 Å². The Balaban J connectivity index is 1.46. The van der Waals surface area contributed by atoms with Crippen molar-refractivity contribution in [3.63, 3.8) is 0 Å². The van der Waals surface area contributed by atoms with Gasteiger partial charge in [0.1, 0.15) is 0 Å². The fraction of sp³-hybridized carbons (Fsp3) is 1.00. The topological polar surface area (TPSA) is 9.23 Å². The lowest BCUT2D eigenvalue weighted by Gasteiger charge is -2.37. The maximum Gasteiger partial charge on any atom is 0.0575 e. The fourth-order valence-electron chi connectivity index (χ4n) is 5.53. The van der Waals surface area contributed by atoms with Crippen molar-refractivity contribution in [2.45, 2.75) is 136 Å². The molecule has 2 aliphatic rings. The van der Waals surface area contributed by atoms with Crippen molar-refractivity contribution in [3.8, 4) is 0 Å². The molecule has 0 heterocycles. The minimum atomic E-state index is 0.588. The Bertz CT molecular complexity index is 310. The van der Waals surface area contributed by atoms with Crippen LogP contribution < -0.4 is 0 Å². The molecule has 2 rings (SSSR count). The molecule has 2 saturated carbocycles. The van der Waals surface area contributed by atoms with Crippen LogP contribution in [0.25, 0.3) is 0 Å².